The summed E-state index contributed by atoms with van der Waals surface area (Å²) in [5.74, 6) is 0. The molecule has 0 spiro atoms. The van der Waals surface area contributed by atoms with Gasteiger partial charge in [0.15, 0.2) is 19.5 Å². The van der Waals surface area contributed by atoms with Crippen LogP contribution in [0.3, 0.4) is 0 Å². The van der Waals surface area contributed by atoms with Crippen molar-refractivity contribution in [2.45, 2.75) is 24.9 Å². The van der Waals surface area contributed by atoms with Crippen molar-refractivity contribution in [3.05, 3.63) is 51.6 Å². The van der Waals surface area contributed by atoms with E-state index in [9.17, 15) is 36.5 Å². The summed E-state index contributed by atoms with van der Waals surface area (Å²) in [4.78, 5) is 10.2. The van der Waals surface area contributed by atoms with E-state index in [0.717, 1.165) is 11.6 Å². The number of aryl methyl sites for hydroxylation is 2. The summed E-state index contributed by atoms with van der Waals surface area (Å²) in [7, 11) is -8.24. The summed E-state index contributed by atoms with van der Waals surface area (Å²) in [5, 5.41) is 11.8. The fourth-order valence-electron chi connectivity index (χ4n) is 2.79. The highest BCUT2D eigenvalue weighted by Gasteiger charge is 2.48. The number of fused-ring (bicyclic) bond motifs is 3. The Kier molecular flexibility index (Phi) is 6.09. The molecule has 0 bridgehead atoms. The Morgan fingerprint density at radius 1 is 0.967 bits per heavy atom. The minimum absolute atomic E-state index is 0.00889. The van der Waals surface area contributed by atoms with Gasteiger partial charge in [0.05, 0.1) is 11.0 Å². The van der Waals surface area contributed by atoms with Crippen LogP contribution in [0.4, 0.5) is 32.0 Å². The topological polar surface area (TPSA) is 100 Å². The molecule has 0 aliphatic carbocycles. The van der Waals surface area contributed by atoms with Crippen molar-refractivity contribution in [2.75, 3.05) is 0 Å². The van der Waals surface area contributed by atoms with Crippen LogP contribution in [0, 0.1) is 24.0 Å². The van der Waals surface area contributed by atoms with Crippen LogP contribution < -0.4 is 0 Å². The van der Waals surface area contributed by atoms with E-state index in [1.165, 1.54) is 12.1 Å². The van der Waals surface area contributed by atoms with Crippen LogP contribution in [-0.4, -0.2) is 23.4 Å². The normalized spacial score (nSPS) is 13.3. The van der Waals surface area contributed by atoms with Gasteiger partial charge in [-0.3, -0.25) is 10.1 Å². The lowest BCUT2D eigenvalue weighted by molar-refractivity contribution is -0.384. The molecule has 0 saturated heterocycles. The van der Waals surface area contributed by atoms with Crippen LogP contribution >= 0.6 is 10.5 Å². The number of nitrogens with zero attached hydrogens (tertiary/aromatic N) is 1. The van der Waals surface area contributed by atoms with Crippen molar-refractivity contribution in [2.24, 2.45) is 0 Å². The molecular weight excluding hydrogens is 464 g/mol. The van der Waals surface area contributed by atoms with Gasteiger partial charge in [0, 0.05) is 22.4 Å². The zero-order valence-electron chi connectivity index (χ0n) is 15.0. The number of hydrogen-bond donors (Lipinski definition) is 0. The van der Waals surface area contributed by atoms with Gasteiger partial charge in [-0.2, -0.15) is 13.2 Å². The Labute approximate surface area is 167 Å². The maximum Gasteiger partial charge on any atom is 0.601 e. The van der Waals surface area contributed by atoms with Gasteiger partial charge < -0.3 is 4.55 Å². The number of hydrogen-bond acceptors (Lipinski definition) is 5. The molecule has 0 amide bonds. The summed E-state index contributed by atoms with van der Waals surface area (Å²) in [6, 6.07) is 7.16. The lowest BCUT2D eigenvalue weighted by atomic mass is 10.1. The summed E-state index contributed by atoms with van der Waals surface area (Å²) in [6.07, 6.45) is 0. The highest BCUT2D eigenvalue weighted by Crippen LogP contribution is 2.55. The predicted molar refractivity (Wildman–Crippen MR) is 97.1 cm³/mol. The lowest BCUT2D eigenvalue weighted by Gasteiger charge is -2.08. The molecular formula is C16H11F6NO5S2. The molecule has 0 radical (unpaired) electrons. The Morgan fingerprint density at radius 3 is 1.93 bits per heavy atom. The standard InChI is InChI=1S/C15H11F3NO2S.CHF3O3S/c1-8-5-9(2)14-12(6-8)11-4-3-10(19(20)21)7-13(11)22(14)15(16,17)18;2-1(3,4)8(5,6)7/h3-7H,1-2H3;(H,5,6,7)/q+1;/p-1. The molecule has 164 valence electrons. The van der Waals surface area contributed by atoms with Gasteiger partial charge in [0.25, 0.3) is 5.69 Å². The van der Waals surface area contributed by atoms with Crippen LogP contribution in [0.1, 0.15) is 11.1 Å². The summed E-state index contributed by atoms with van der Waals surface area (Å²) < 4.78 is 99.8. The maximum absolute atomic E-state index is 13.6. The molecule has 0 N–H and O–H groups in total. The van der Waals surface area contributed by atoms with Gasteiger partial charge in [-0.15, -0.1) is 13.2 Å². The molecule has 1 aromatic heterocycles. The van der Waals surface area contributed by atoms with Gasteiger partial charge in [-0.05, 0) is 31.5 Å². The molecule has 3 aromatic rings. The fraction of sp³-hybridized carbons (Fsp3) is 0.250. The molecule has 1 atom stereocenters. The molecule has 0 aliphatic rings. The Balaban J connectivity index is 0.000000343. The zero-order valence-corrected chi connectivity index (χ0v) is 16.6. The molecule has 0 aliphatic heterocycles. The molecule has 30 heavy (non-hydrogen) atoms. The van der Waals surface area contributed by atoms with Crippen molar-refractivity contribution >= 4 is 46.4 Å². The third kappa shape index (κ3) is 4.65. The fourth-order valence-corrected chi connectivity index (χ4v) is 4.90. The third-order valence-electron chi connectivity index (χ3n) is 3.82. The van der Waals surface area contributed by atoms with Crippen molar-refractivity contribution in [3.8, 4) is 0 Å². The summed E-state index contributed by atoms with van der Waals surface area (Å²) in [5.41, 5.74) is -8.99. The van der Waals surface area contributed by atoms with Gasteiger partial charge in [0.2, 0.25) is 0 Å². The van der Waals surface area contributed by atoms with E-state index in [0.29, 0.717) is 16.3 Å². The van der Waals surface area contributed by atoms with Gasteiger partial charge in [-0.1, -0.05) is 6.07 Å². The molecule has 3 rings (SSSR count). The second kappa shape index (κ2) is 7.67. The number of alkyl halides is 6. The molecule has 1 unspecified atom stereocenters. The first kappa shape index (κ1) is 23.8. The average Bonchev–Trinajstić information content (AvgIpc) is 2.87. The first-order valence-electron chi connectivity index (χ1n) is 7.68. The number of benzene rings is 2. The number of nitro benzene ring substituents is 1. The van der Waals surface area contributed by atoms with Crippen LogP contribution in [0.25, 0.3) is 20.2 Å². The minimum Gasteiger partial charge on any atom is -0.741 e. The van der Waals surface area contributed by atoms with E-state index in [4.69, 9.17) is 13.0 Å². The van der Waals surface area contributed by atoms with E-state index >= 15 is 0 Å². The third-order valence-corrected chi connectivity index (χ3v) is 6.58. The summed E-state index contributed by atoms with van der Waals surface area (Å²) in [6.45, 7) is 3.47. The van der Waals surface area contributed by atoms with Crippen LogP contribution in [0.5, 0.6) is 0 Å². The summed E-state index contributed by atoms with van der Waals surface area (Å²) >= 11 is 0. The number of nitro groups is 1. The smallest absolute Gasteiger partial charge is 0.601 e. The van der Waals surface area contributed by atoms with Gasteiger partial charge in [-0.25, -0.2) is 8.42 Å². The van der Waals surface area contributed by atoms with E-state index in [1.54, 1.807) is 19.1 Å². The molecule has 6 nitrogen and oxygen atoms in total. The Bertz CT molecular complexity index is 1250. The highest BCUT2D eigenvalue weighted by atomic mass is 32.2. The van der Waals surface area contributed by atoms with Crippen LogP contribution in [0.15, 0.2) is 30.3 Å². The number of halogens is 6. The number of thiophene rings is 1. The number of rotatable bonds is 1. The van der Waals surface area contributed by atoms with Crippen molar-refractivity contribution in [3.63, 3.8) is 0 Å². The Morgan fingerprint density at radius 2 is 1.50 bits per heavy atom. The first-order chi connectivity index (χ1) is 13.4. The largest absolute Gasteiger partial charge is 0.741 e. The van der Waals surface area contributed by atoms with Crippen LogP contribution in [0.2, 0.25) is 0 Å². The second-order valence-corrected chi connectivity index (χ2v) is 9.34. The van der Waals surface area contributed by atoms with Gasteiger partial charge in [0.1, 0.15) is 10.5 Å². The quantitative estimate of drug-likeness (QED) is 0.111. The van der Waals surface area contributed by atoms with Crippen molar-refractivity contribution in [1.82, 2.24) is 0 Å². The first-order valence-corrected chi connectivity index (χ1v) is 10.3. The Hall–Kier alpha value is -2.45. The highest BCUT2D eigenvalue weighted by molar-refractivity contribution is 7.86. The SMILES string of the molecule is Cc1cc(C)c2c(c1)c1ccc([N+](=O)[O-])cc1[s+]2C(F)(F)F.O=S(=O)([O-])C(F)(F)F. The maximum atomic E-state index is 13.6. The van der Waals surface area contributed by atoms with Crippen LogP contribution in [-0.2, 0) is 15.6 Å². The van der Waals surface area contributed by atoms with E-state index in [-0.39, 0.29) is 15.1 Å². The molecule has 2 aromatic carbocycles. The van der Waals surface area contributed by atoms with E-state index in [1.807, 2.05) is 6.92 Å². The number of non-ortho nitro benzene ring substituents is 1. The lowest BCUT2D eigenvalue weighted by Crippen LogP contribution is -2.21. The molecule has 0 fully saturated rings. The molecule has 1 heterocycles. The molecule has 0 saturated carbocycles. The van der Waals surface area contributed by atoms with Crippen molar-refractivity contribution in [1.29, 1.82) is 0 Å². The average molecular weight is 475 g/mol. The monoisotopic (exact) mass is 475 g/mol. The van der Waals surface area contributed by atoms with Crippen molar-refractivity contribution < 1.29 is 44.2 Å². The minimum atomic E-state index is -6.09. The molecule has 14 heteroatoms. The van der Waals surface area contributed by atoms with Gasteiger partial charge >= 0.3 is 11.0 Å². The van der Waals surface area contributed by atoms with E-state index < -0.39 is 36.5 Å². The second-order valence-electron chi connectivity index (χ2n) is 6.05. The predicted octanol–water partition coefficient (Wildman–Crippen LogP) is 5.79. The van der Waals surface area contributed by atoms with E-state index in [2.05, 4.69) is 0 Å². The zero-order chi connectivity index (χ0) is 23.2.